The van der Waals surface area contributed by atoms with E-state index in [4.69, 9.17) is 5.53 Å². The highest BCUT2D eigenvalue weighted by molar-refractivity contribution is 6.14. The van der Waals surface area contributed by atoms with Crippen LogP contribution in [0.1, 0.15) is 0 Å². The van der Waals surface area contributed by atoms with Crippen LogP contribution in [0.25, 0.3) is 32.1 Å². The van der Waals surface area contributed by atoms with Gasteiger partial charge in [-0.3, -0.25) is 9.78 Å². The molecule has 0 saturated heterocycles. The number of hydrogen-bond donors (Lipinski definition) is 1. The first-order chi connectivity index (χ1) is 9.79. The first kappa shape index (κ1) is 12.0. The SMILES string of the molecule is [N-]=[N+]=NC(=O)Nc1cccc2ncc3ccccc3c12. The molecular formula is C14H9N5O. The maximum absolute atomic E-state index is 11.4. The van der Waals surface area contributed by atoms with Crippen molar-refractivity contribution < 1.29 is 4.79 Å². The summed E-state index contributed by atoms with van der Waals surface area (Å²) >= 11 is 0. The number of nitrogens with zero attached hydrogens (tertiary/aromatic N) is 4. The zero-order chi connectivity index (χ0) is 13.9. The van der Waals surface area contributed by atoms with Crippen LogP contribution in [-0.2, 0) is 0 Å². The number of rotatable bonds is 1. The molecule has 0 unspecified atom stereocenters. The van der Waals surface area contributed by atoms with Crippen LogP contribution in [0.2, 0.25) is 0 Å². The van der Waals surface area contributed by atoms with E-state index >= 15 is 0 Å². The molecule has 96 valence electrons. The number of aromatic nitrogens is 1. The molecular weight excluding hydrogens is 254 g/mol. The molecule has 0 atom stereocenters. The molecule has 0 fully saturated rings. The first-order valence-corrected chi connectivity index (χ1v) is 5.92. The maximum atomic E-state index is 11.4. The minimum Gasteiger partial charge on any atom is -0.320 e. The van der Waals surface area contributed by atoms with Crippen LogP contribution in [0, 0.1) is 0 Å². The second-order valence-electron chi connectivity index (χ2n) is 4.16. The molecule has 2 aromatic carbocycles. The Morgan fingerprint density at radius 2 is 2.05 bits per heavy atom. The molecule has 3 rings (SSSR count). The van der Waals surface area contributed by atoms with Gasteiger partial charge in [0.15, 0.2) is 0 Å². The van der Waals surface area contributed by atoms with Crippen LogP contribution in [0.3, 0.4) is 0 Å². The van der Waals surface area contributed by atoms with Crippen molar-refractivity contribution in [3.8, 4) is 0 Å². The number of hydrogen-bond acceptors (Lipinski definition) is 2. The lowest BCUT2D eigenvalue weighted by Gasteiger charge is -2.09. The van der Waals surface area contributed by atoms with Crippen LogP contribution in [0.15, 0.2) is 53.8 Å². The minimum atomic E-state index is -0.743. The molecule has 1 aromatic heterocycles. The summed E-state index contributed by atoms with van der Waals surface area (Å²) in [6, 6.07) is 12.4. The molecule has 6 nitrogen and oxygen atoms in total. The molecule has 0 aliphatic heterocycles. The summed E-state index contributed by atoms with van der Waals surface area (Å²) in [7, 11) is 0. The van der Waals surface area contributed by atoms with Gasteiger partial charge in [-0.15, -0.1) is 0 Å². The van der Waals surface area contributed by atoms with Gasteiger partial charge < -0.3 is 5.32 Å². The van der Waals surface area contributed by atoms with E-state index in [-0.39, 0.29) is 0 Å². The van der Waals surface area contributed by atoms with Gasteiger partial charge in [0.05, 0.1) is 11.2 Å². The largest absolute Gasteiger partial charge is 0.320 e. The van der Waals surface area contributed by atoms with Crippen LogP contribution in [0.5, 0.6) is 0 Å². The van der Waals surface area contributed by atoms with Gasteiger partial charge in [-0.05, 0) is 23.1 Å². The molecule has 0 bridgehead atoms. The molecule has 20 heavy (non-hydrogen) atoms. The molecule has 0 aliphatic carbocycles. The van der Waals surface area contributed by atoms with E-state index in [1.54, 1.807) is 18.3 Å². The second-order valence-corrected chi connectivity index (χ2v) is 4.16. The Labute approximate surface area is 113 Å². The molecule has 2 amide bonds. The number of benzene rings is 2. The van der Waals surface area contributed by atoms with Crippen LogP contribution < -0.4 is 5.32 Å². The fraction of sp³-hybridized carbons (Fsp3) is 0. The third-order valence-electron chi connectivity index (χ3n) is 2.99. The van der Waals surface area contributed by atoms with Gasteiger partial charge in [-0.1, -0.05) is 30.3 Å². The van der Waals surface area contributed by atoms with Crippen LogP contribution in [0.4, 0.5) is 10.5 Å². The lowest BCUT2D eigenvalue weighted by molar-refractivity contribution is 0.259. The van der Waals surface area contributed by atoms with Crippen molar-refractivity contribution in [3.63, 3.8) is 0 Å². The molecule has 0 aliphatic rings. The number of nitrogens with one attached hydrogen (secondary N) is 1. The number of azide groups is 1. The van der Waals surface area contributed by atoms with E-state index in [1.165, 1.54) is 0 Å². The normalized spacial score (nSPS) is 10.2. The monoisotopic (exact) mass is 263 g/mol. The first-order valence-electron chi connectivity index (χ1n) is 5.92. The maximum Gasteiger partial charge on any atom is 0.312 e. The summed E-state index contributed by atoms with van der Waals surface area (Å²) in [6.45, 7) is 0. The van der Waals surface area contributed by atoms with Crippen molar-refractivity contribution >= 4 is 33.4 Å². The Kier molecular flexibility index (Phi) is 2.91. The number of amides is 2. The summed E-state index contributed by atoms with van der Waals surface area (Å²) in [5.41, 5.74) is 9.62. The summed E-state index contributed by atoms with van der Waals surface area (Å²) in [5, 5.41) is 8.38. The van der Waals surface area contributed by atoms with Crippen molar-refractivity contribution in [2.24, 2.45) is 5.11 Å². The second kappa shape index (κ2) is 4.87. The van der Waals surface area contributed by atoms with Gasteiger partial charge in [0, 0.05) is 27.0 Å². The third-order valence-corrected chi connectivity index (χ3v) is 2.99. The Hall–Kier alpha value is -3.11. The van der Waals surface area contributed by atoms with Gasteiger partial charge in [0.25, 0.3) is 0 Å². The predicted molar refractivity (Wildman–Crippen MR) is 77.4 cm³/mol. The fourth-order valence-corrected chi connectivity index (χ4v) is 2.19. The average Bonchev–Trinajstić information content (AvgIpc) is 2.47. The van der Waals surface area contributed by atoms with E-state index in [2.05, 4.69) is 20.3 Å². The van der Waals surface area contributed by atoms with Crippen molar-refractivity contribution in [1.82, 2.24) is 4.98 Å². The highest BCUT2D eigenvalue weighted by atomic mass is 16.2. The van der Waals surface area contributed by atoms with Crippen molar-refractivity contribution in [3.05, 3.63) is 59.1 Å². The molecule has 3 aromatic rings. The molecule has 6 heteroatoms. The molecule has 0 spiro atoms. The Balaban J connectivity index is 2.28. The summed E-state index contributed by atoms with van der Waals surface area (Å²) in [6.07, 6.45) is 1.79. The number of fused-ring (bicyclic) bond motifs is 3. The minimum absolute atomic E-state index is 0.573. The number of pyridine rings is 1. The smallest absolute Gasteiger partial charge is 0.312 e. The van der Waals surface area contributed by atoms with Gasteiger partial charge in [0.2, 0.25) is 0 Å². The summed E-state index contributed by atoms with van der Waals surface area (Å²) in [5.74, 6) is 0. The third kappa shape index (κ3) is 2.00. The zero-order valence-corrected chi connectivity index (χ0v) is 10.3. The number of carbonyl (C=O) groups is 1. The van der Waals surface area contributed by atoms with E-state index in [0.29, 0.717) is 5.69 Å². The quantitative estimate of drug-likeness (QED) is 0.308. The van der Waals surface area contributed by atoms with Crippen molar-refractivity contribution in [2.45, 2.75) is 0 Å². The lowest BCUT2D eigenvalue weighted by atomic mass is 10.1. The van der Waals surface area contributed by atoms with E-state index in [9.17, 15) is 4.79 Å². The van der Waals surface area contributed by atoms with Crippen molar-refractivity contribution in [2.75, 3.05) is 5.32 Å². The zero-order valence-electron chi connectivity index (χ0n) is 10.3. The summed E-state index contributed by atoms with van der Waals surface area (Å²) in [4.78, 5) is 18.3. The number of urea groups is 1. The fourth-order valence-electron chi connectivity index (χ4n) is 2.19. The molecule has 0 saturated carbocycles. The number of carbonyl (C=O) groups excluding carboxylic acids is 1. The van der Waals surface area contributed by atoms with E-state index < -0.39 is 6.03 Å². The van der Waals surface area contributed by atoms with E-state index in [1.807, 2.05) is 30.3 Å². The van der Waals surface area contributed by atoms with Gasteiger partial charge in [-0.25, -0.2) is 0 Å². The summed E-state index contributed by atoms with van der Waals surface area (Å²) < 4.78 is 0. The van der Waals surface area contributed by atoms with Crippen molar-refractivity contribution in [1.29, 1.82) is 0 Å². The Morgan fingerprint density at radius 1 is 1.20 bits per heavy atom. The highest BCUT2D eigenvalue weighted by Gasteiger charge is 2.08. The standard InChI is InChI=1S/C14H9N5O/c15-19-18-14(20)17-12-7-3-6-11-13(12)10-5-2-1-4-9(10)8-16-11/h1-8H,(H,17,20). The van der Waals surface area contributed by atoms with Crippen LogP contribution in [-0.4, -0.2) is 11.0 Å². The Bertz CT molecular complexity index is 868. The highest BCUT2D eigenvalue weighted by Crippen LogP contribution is 2.29. The van der Waals surface area contributed by atoms with E-state index in [0.717, 1.165) is 21.7 Å². The lowest BCUT2D eigenvalue weighted by Crippen LogP contribution is -2.05. The average molecular weight is 263 g/mol. The number of anilines is 1. The predicted octanol–water partition coefficient (Wildman–Crippen LogP) is 4.23. The topological polar surface area (TPSA) is 90.8 Å². The Morgan fingerprint density at radius 3 is 2.90 bits per heavy atom. The van der Waals surface area contributed by atoms with Gasteiger partial charge in [-0.2, -0.15) is 0 Å². The van der Waals surface area contributed by atoms with Crippen LogP contribution >= 0.6 is 0 Å². The molecule has 0 radical (unpaired) electrons. The molecule has 1 heterocycles. The van der Waals surface area contributed by atoms with Gasteiger partial charge in [0.1, 0.15) is 0 Å². The molecule has 1 N–H and O–H groups in total. The van der Waals surface area contributed by atoms with Gasteiger partial charge >= 0.3 is 6.03 Å².